The van der Waals surface area contributed by atoms with E-state index >= 15 is 0 Å². The number of likely N-dealkylation sites (tertiary alicyclic amines) is 1. The molecule has 1 N–H and O–H groups in total. The first kappa shape index (κ1) is 23.1. The van der Waals surface area contributed by atoms with Crippen molar-refractivity contribution < 1.29 is 26.7 Å². The number of carbonyl (C=O) groups excluding carboxylic acids is 1. The van der Waals surface area contributed by atoms with Crippen molar-refractivity contribution in [3.05, 3.63) is 59.0 Å². The van der Waals surface area contributed by atoms with Gasteiger partial charge >= 0.3 is 12.1 Å². The average molecular weight is 467 g/mol. The molecule has 1 fully saturated rings. The molecule has 0 unspecified atom stereocenters. The second-order valence-corrected chi connectivity index (χ2v) is 8.14. The van der Waals surface area contributed by atoms with Crippen molar-refractivity contribution in [2.45, 2.75) is 44.8 Å². The molecule has 33 heavy (non-hydrogen) atoms. The maximum Gasteiger partial charge on any atom is 0.459 e. The van der Waals surface area contributed by atoms with Crippen molar-refractivity contribution in [1.29, 1.82) is 0 Å². The second-order valence-electron chi connectivity index (χ2n) is 8.14. The number of nitrogens with one attached hydrogen (secondary N) is 1. The largest absolute Gasteiger partial charge is 0.459 e. The minimum Gasteiger partial charge on any atom is -0.321 e. The summed E-state index contributed by atoms with van der Waals surface area (Å²) < 4.78 is 67.2. The van der Waals surface area contributed by atoms with Crippen LogP contribution in [-0.4, -0.2) is 44.7 Å². The molecule has 11 heteroatoms. The van der Waals surface area contributed by atoms with Gasteiger partial charge in [0, 0.05) is 24.0 Å². The van der Waals surface area contributed by atoms with Crippen LogP contribution in [0.3, 0.4) is 0 Å². The number of anilines is 1. The zero-order valence-corrected chi connectivity index (χ0v) is 17.8. The van der Waals surface area contributed by atoms with Gasteiger partial charge in [0.15, 0.2) is 11.3 Å². The number of benzene rings is 1. The summed E-state index contributed by atoms with van der Waals surface area (Å²) in [6, 6.07) is 8.85. The number of aryl methyl sites for hydroxylation is 1. The number of amides is 1. The van der Waals surface area contributed by atoms with Gasteiger partial charge in [0.05, 0.1) is 0 Å². The fourth-order valence-corrected chi connectivity index (χ4v) is 3.84. The van der Waals surface area contributed by atoms with Crippen molar-refractivity contribution >= 4 is 17.2 Å². The Morgan fingerprint density at radius 2 is 1.70 bits per heavy atom. The highest BCUT2D eigenvalue weighted by Gasteiger charge is 2.60. The SMILES string of the molecule is Cc1cc(C(F)(F)C(F)(F)F)n2nc(C(=O)Nc3ccc(CN4CCCCC4)cc3)cc2n1. The number of fused-ring (bicyclic) bond motifs is 1. The van der Waals surface area contributed by atoms with Crippen LogP contribution in [0.15, 0.2) is 36.4 Å². The molecule has 0 spiro atoms. The lowest BCUT2D eigenvalue weighted by Crippen LogP contribution is -2.36. The molecule has 1 aliphatic heterocycles. The van der Waals surface area contributed by atoms with Crippen LogP contribution in [-0.2, 0) is 12.5 Å². The van der Waals surface area contributed by atoms with E-state index in [9.17, 15) is 26.7 Å². The third kappa shape index (κ3) is 4.82. The van der Waals surface area contributed by atoms with Crippen LogP contribution in [0.2, 0.25) is 0 Å². The number of piperidine rings is 1. The van der Waals surface area contributed by atoms with E-state index in [1.165, 1.54) is 26.2 Å². The van der Waals surface area contributed by atoms with Gasteiger partial charge in [-0.3, -0.25) is 9.69 Å². The first-order valence-corrected chi connectivity index (χ1v) is 10.5. The molecule has 6 nitrogen and oxygen atoms in total. The van der Waals surface area contributed by atoms with Crippen molar-refractivity contribution in [3.8, 4) is 0 Å². The van der Waals surface area contributed by atoms with Crippen LogP contribution in [0.1, 0.15) is 46.7 Å². The van der Waals surface area contributed by atoms with Gasteiger partial charge in [0.2, 0.25) is 0 Å². The molecule has 0 aliphatic carbocycles. The van der Waals surface area contributed by atoms with Crippen LogP contribution in [0.4, 0.5) is 27.6 Å². The van der Waals surface area contributed by atoms with E-state index in [-0.39, 0.29) is 17.0 Å². The van der Waals surface area contributed by atoms with Crippen LogP contribution in [0, 0.1) is 6.92 Å². The molecule has 4 rings (SSSR count). The average Bonchev–Trinajstić information content (AvgIpc) is 3.18. The first-order chi connectivity index (χ1) is 15.5. The summed E-state index contributed by atoms with van der Waals surface area (Å²) in [4.78, 5) is 18.9. The Balaban J connectivity index is 1.53. The van der Waals surface area contributed by atoms with Crippen molar-refractivity contribution in [1.82, 2.24) is 19.5 Å². The molecule has 1 aliphatic rings. The summed E-state index contributed by atoms with van der Waals surface area (Å²) >= 11 is 0. The van der Waals surface area contributed by atoms with Crippen molar-refractivity contribution in [2.24, 2.45) is 0 Å². The third-order valence-corrected chi connectivity index (χ3v) is 5.53. The third-order valence-electron chi connectivity index (χ3n) is 5.53. The Kier molecular flexibility index (Phi) is 6.08. The number of halogens is 5. The summed E-state index contributed by atoms with van der Waals surface area (Å²) in [5.74, 6) is -5.91. The lowest BCUT2D eigenvalue weighted by atomic mass is 10.1. The predicted molar refractivity (Wildman–Crippen MR) is 111 cm³/mol. The Bertz CT molecular complexity index is 1150. The molecular formula is C22H22F5N5O. The van der Waals surface area contributed by atoms with Gasteiger partial charge in [-0.15, -0.1) is 0 Å². The highest BCUT2D eigenvalue weighted by molar-refractivity contribution is 6.03. The molecule has 0 atom stereocenters. The fraction of sp³-hybridized carbons (Fsp3) is 0.409. The van der Waals surface area contributed by atoms with Crippen molar-refractivity contribution in [3.63, 3.8) is 0 Å². The molecule has 1 saturated heterocycles. The van der Waals surface area contributed by atoms with E-state index in [2.05, 4.69) is 20.3 Å². The molecule has 176 valence electrons. The standard InChI is InChI=1S/C22H22F5N5O/c1-14-11-18(21(23,24)22(25,26)27)32-19(28-14)12-17(30-32)20(33)29-16-7-5-15(6-8-16)13-31-9-3-2-4-10-31/h5-8,11-12H,2-4,9-10,13H2,1H3,(H,29,33). The lowest BCUT2D eigenvalue weighted by Gasteiger charge is -2.26. The monoisotopic (exact) mass is 467 g/mol. The van der Waals surface area contributed by atoms with E-state index in [0.29, 0.717) is 16.3 Å². The number of aromatic nitrogens is 3. The quantitative estimate of drug-likeness (QED) is 0.541. The Labute approximate surface area is 186 Å². The summed E-state index contributed by atoms with van der Waals surface area (Å²) in [7, 11) is 0. The number of carbonyl (C=O) groups is 1. The number of alkyl halides is 5. The molecule has 0 radical (unpaired) electrons. The first-order valence-electron chi connectivity index (χ1n) is 10.5. The van der Waals surface area contributed by atoms with Gasteiger partial charge in [-0.25, -0.2) is 9.50 Å². The van der Waals surface area contributed by atoms with Crippen LogP contribution in [0.5, 0.6) is 0 Å². The maximum atomic E-state index is 14.0. The fourth-order valence-electron chi connectivity index (χ4n) is 3.84. The van der Waals surface area contributed by atoms with E-state index in [1.54, 1.807) is 12.1 Å². The normalized spacial score (nSPS) is 15.7. The topological polar surface area (TPSA) is 62.5 Å². The molecule has 3 aromatic rings. The number of hydrogen-bond acceptors (Lipinski definition) is 4. The molecular weight excluding hydrogens is 445 g/mol. The Morgan fingerprint density at radius 3 is 2.33 bits per heavy atom. The van der Waals surface area contributed by atoms with Gasteiger partial charge < -0.3 is 5.32 Å². The zero-order chi connectivity index (χ0) is 23.8. The highest BCUT2D eigenvalue weighted by atomic mass is 19.4. The van der Waals surface area contributed by atoms with Gasteiger partial charge in [0.1, 0.15) is 5.69 Å². The summed E-state index contributed by atoms with van der Waals surface area (Å²) in [5, 5.41) is 6.27. The van der Waals surface area contributed by atoms with Gasteiger partial charge in [-0.05, 0) is 56.6 Å². The highest BCUT2D eigenvalue weighted by Crippen LogP contribution is 2.43. The van der Waals surface area contributed by atoms with Crippen LogP contribution >= 0.6 is 0 Å². The number of nitrogens with zero attached hydrogens (tertiary/aromatic N) is 4. The molecule has 2 aromatic heterocycles. The molecule has 0 saturated carbocycles. The summed E-state index contributed by atoms with van der Waals surface area (Å²) in [6.45, 7) is 4.19. The van der Waals surface area contributed by atoms with Gasteiger partial charge in [-0.2, -0.15) is 27.1 Å². The molecule has 1 aromatic carbocycles. The minimum atomic E-state index is -5.82. The number of rotatable bonds is 5. The summed E-state index contributed by atoms with van der Waals surface area (Å²) in [5.41, 5.74) is -0.539. The van der Waals surface area contributed by atoms with Gasteiger partial charge in [-0.1, -0.05) is 18.6 Å². The van der Waals surface area contributed by atoms with Crippen molar-refractivity contribution in [2.75, 3.05) is 18.4 Å². The molecule has 0 bridgehead atoms. The lowest BCUT2D eigenvalue weighted by molar-refractivity contribution is -0.291. The smallest absolute Gasteiger partial charge is 0.321 e. The maximum absolute atomic E-state index is 14.0. The predicted octanol–water partition coefficient (Wildman–Crippen LogP) is 4.93. The van der Waals surface area contributed by atoms with E-state index < -0.39 is 23.7 Å². The minimum absolute atomic E-state index is 0.0578. The van der Waals surface area contributed by atoms with E-state index in [1.807, 2.05) is 12.1 Å². The second kappa shape index (κ2) is 8.69. The van der Waals surface area contributed by atoms with E-state index in [4.69, 9.17) is 0 Å². The zero-order valence-electron chi connectivity index (χ0n) is 17.8. The Morgan fingerprint density at radius 1 is 1.03 bits per heavy atom. The van der Waals surface area contributed by atoms with Gasteiger partial charge in [0.25, 0.3) is 5.91 Å². The van der Waals surface area contributed by atoms with E-state index in [0.717, 1.165) is 31.3 Å². The summed E-state index contributed by atoms with van der Waals surface area (Å²) in [6.07, 6.45) is -2.22. The van der Waals surface area contributed by atoms with Crippen LogP contribution in [0.25, 0.3) is 5.65 Å². The molecule has 3 heterocycles. The number of hydrogen-bond donors (Lipinski definition) is 1. The molecule has 1 amide bonds. The Hall–Kier alpha value is -3.08. The van der Waals surface area contributed by atoms with Crippen LogP contribution < -0.4 is 5.32 Å².